The molecule has 0 amide bonds. The van der Waals surface area contributed by atoms with E-state index < -0.39 is 0 Å². The Morgan fingerprint density at radius 3 is 2.89 bits per heavy atom. The molecule has 0 aliphatic rings. The van der Waals surface area contributed by atoms with E-state index >= 15 is 0 Å². The van der Waals surface area contributed by atoms with Gasteiger partial charge in [0.05, 0.1) is 5.52 Å². The molecule has 3 rings (SSSR count). The van der Waals surface area contributed by atoms with Gasteiger partial charge in [-0.2, -0.15) is 4.98 Å². The van der Waals surface area contributed by atoms with Gasteiger partial charge in [-0.15, -0.1) is 0 Å². The predicted octanol–water partition coefficient (Wildman–Crippen LogP) is 3.46. The lowest BCUT2D eigenvalue weighted by atomic mass is 10.2. The van der Waals surface area contributed by atoms with Crippen molar-refractivity contribution < 1.29 is 4.74 Å². The number of fused-ring (bicyclic) bond motifs is 1. The Labute approximate surface area is 111 Å². The molecule has 2 heterocycles. The standard InChI is InChI=1S/C15H13N3O/c1-16-14-5-2-6-15(18-14)19-12-8-7-11-4-3-9-17-13(11)10-12/h2-10H,1H3,(H,16,18). The molecule has 1 N–H and O–H groups in total. The average Bonchev–Trinajstić information content (AvgIpc) is 2.47. The highest BCUT2D eigenvalue weighted by molar-refractivity contribution is 5.79. The van der Waals surface area contributed by atoms with Crippen LogP contribution in [0.5, 0.6) is 11.6 Å². The van der Waals surface area contributed by atoms with E-state index in [0.29, 0.717) is 5.88 Å². The van der Waals surface area contributed by atoms with Gasteiger partial charge < -0.3 is 10.1 Å². The fraction of sp³-hybridized carbons (Fsp3) is 0.0667. The minimum absolute atomic E-state index is 0.558. The molecule has 0 atom stereocenters. The van der Waals surface area contributed by atoms with Crippen LogP contribution in [0, 0.1) is 0 Å². The van der Waals surface area contributed by atoms with Crippen LogP contribution in [0.3, 0.4) is 0 Å². The van der Waals surface area contributed by atoms with Crippen molar-refractivity contribution >= 4 is 16.7 Å². The minimum Gasteiger partial charge on any atom is -0.439 e. The van der Waals surface area contributed by atoms with E-state index in [9.17, 15) is 0 Å². The molecule has 2 aromatic heterocycles. The highest BCUT2D eigenvalue weighted by Crippen LogP contribution is 2.24. The first-order valence-electron chi connectivity index (χ1n) is 6.02. The van der Waals surface area contributed by atoms with Crippen molar-refractivity contribution in [2.45, 2.75) is 0 Å². The van der Waals surface area contributed by atoms with Crippen LogP contribution < -0.4 is 10.1 Å². The van der Waals surface area contributed by atoms with Gasteiger partial charge in [0, 0.05) is 30.8 Å². The second-order valence-corrected chi connectivity index (χ2v) is 4.07. The van der Waals surface area contributed by atoms with E-state index in [0.717, 1.165) is 22.5 Å². The van der Waals surface area contributed by atoms with Gasteiger partial charge in [0.1, 0.15) is 11.6 Å². The van der Waals surface area contributed by atoms with Gasteiger partial charge >= 0.3 is 0 Å². The van der Waals surface area contributed by atoms with Crippen LogP contribution in [-0.4, -0.2) is 17.0 Å². The van der Waals surface area contributed by atoms with Crippen LogP contribution in [0.25, 0.3) is 10.9 Å². The maximum atomic E-state index is 5.74. The summed E-state index contributed by atoms with van der Waals surface area (Å²) in [5.41, 5.74) is 0.907. The summed E-state index contributed by atoms with van der Waals surface area (Å²) in [6.45, 7) is 0. The quantitative estimate of drug-likeness (QED) is 0.774. The second-order valence-electron chi connectivity index (χ2n) is 4.07. The van der Waals surface area contributed by atoms with Crippen molar-refractivity contribution in [3.63, 3.8) is 0 Å². The van der Waals surface area contributed by atoms with Crippen LogP contribution >= 0.6 is 0 Å². The normalized spacial score (nSPS) is 10.4. The molecule has 0 aliphatic heterocycles. The number of aromatic nitrogens is 2. The van der Waals surface area contributed by atoms with Crippen LogP contribution in [0.15, 0.2) is 54.7 Å². The molecular weight excluding hydrogens is 238 g/mol. The van der Waals surface area contributed by atoms with E-state index in [1.54, 1.807) is 6.20 Å². The highest BCUT2D eigenvalue weighted by Gasteiger charge is 2.01. The third-order valence-electron chi connectivity index (χ3n) is 2.78. The van der Waals surface area contributed by atoms with E-state index in [2.05, 4.69) is 15.3 Å². The first-order valence-corrected chi connectivity index (χ1v) is 6.02. The summed E-state index contributed by atoms with van der Waals surface area (Å²) in [7, 11) is 1.83. The molecule has 0 aliphatic carbocycles. The first kappa shape index (κ1) is 11.5. The van der Waals surface area contributed by atoms with Gasteiger partial charge in [-0.05, 0) is 24.3 Å². The summed E-state index contributed by atoms with van der Waals surface area (Å²) in [5, 5.41) is 4.07. The van der Waals surface area contributed by atoms with Gasteiger partial charge in [0.25, 0.3) is 0 Å². The van der Waals surface area contributed by atoms with Crippen molar-refractivity contribution in [2.24, 2.45) is 0 Å². The van der Waals surface area contributed by atoms with Gasteiger partial charge in [-0.25, -0.2) is 0 Å². The lowest BCUT2D eigenvalue weighted by Gasteiger charge is -2.07. The molecule has 0 radical (unpaired) electrons. The third kappa shape index (κ3) is 2.47. The topological polar surface area (TPSA) is 47.0 Å². The number of hydrogen-bond donors (Lipinski definition) is 1. The van der Waals surface area contributed by atoms with Gasteiger partial charge in [-0.1, -0.05) is 12.1 Å². The Bertz CT molecular complexity index is 712. The van der Waals surface area contributed by atoms with E-state index in [1.165, 1.54) is 0 Å². The van der Waals surface area contributed by atoms with Gasteiger partial charge in [0.2, 0.25) is 5.88 Å². The molecule has 4 nitrogen and oxygen atoms in total. The Balaban J connectivity index is 1.92. The molecular formula is C15H13N3O. The van der Waals surface area contributed by atoms with Crippen molar-refractivity contribution in [3.8, 4) is 11.6 Å². The van der Waals surface area contributed by atoms with Crippen LogP contribution in [-0.2, 0) is 0 Å². The molecule has 0 unspecified atom stereocenters. The number of ether oxygens (including phenoxy) is 1. The molecule has 3 aromatic rings. The number of anilines is 1. The molecule has 0 bridgehead atoms. The lowest BCUT2D eigenvalue weighted by molar-refractivity contribution is 0.464. The lowest BCUT2D eigenvalue weighted by Crippen LogP contribution is -1.94. The fourth-order valence-corrected chi connectivity index (χ4v) is 1.84. The predicted molar refractivity (Wildman–Crippen MR) is 75.6 cm³/mol. The zero-order chi connectivity index (χ0) is 13.1. The zero-order valence-corrected chi connectivity index (χ0v) is 10.5. The summed E-state index contributed by atoms with van der Waals surface area (Å²) in [6, 6.07) is 15.3. The maximum Gasteiger partial charge on any atom is 0.221 e. The minimum atomic E-state index is 0.558. The average molecular weight is 251 g/mol. The maximum absolute atomic E-state index is 5.74. The molecule has 0 spiro atoms. The largest absolute Gasteiger partial charge is 0.439 e. The first-order chi connectivity index (χ1) is 9.35. The SMILES string of the molecule is CNc1cccc(Oc2ccc3cccnc3c2)n1. The Morgan fingerprint density at radius 1 is 1.05 bits per heavy atom. The third-order valence-corrected chi connectivity index (χ3v) is 2.78. The summed E-state index contributed by atoms with van der Waals surface area (Å²) in [4.78, 5) is 8.62. The number of benzene rings is 1. The smallest absolute Gasteiger partial charge is 0.221 e. The van der Waals surface area contributed by atoms with E-state index in [1.807, 2.05) is 55.6 Å². The van der Waals surface area contributed by atoms with Gasteiger partial charge in [0.15, 0.2) is 0 Å². The summed E-state index contributed by atoms with van der Waals surface area (Å²) >= 11 is 0. The molecule has 1 aromatic carbocycles. The zero-order valence-electron chi connectivity index (χ0n) is 10.5. The Kier molecular flexibility index (Phi) is 2.98. The number of rotatable bonds is 3. The molecule has 4 heteroatoms. The molecule has 19 heavy (non-hydrogen) atoms. The number of hydrogen-bond acceptors (Lipinski definition) is 4. The van der Waals surface area contributed by atoms with Gasteiger partial charge in [-0.3, -0.25) is 4.98 Å². The Hall–Kier alpha value is -2.62. The van der Waals surface area contributed by atoms with E-state index in [-0.39, 0.29) is 0 Å². The molecule has 0 saturated heterocycles. The fourth-order valence-electron chi connectivity index (χ4n) is 1.84. The summed E-state index contributed by atoms with van der Waals surface area (Å²) in [6.07, 6.45) is 1.77. The molecule has 94 valence electrons. The summed E-state index contributed by atoms with van der Waals surface area (Å²) in [5.74, 6) is 2.06. The number of nitrogens with zero attached hydrogens (tertiary/aromatic N) is 2. The van der Waals surface area contributed by atoms with Crippen molar-refractivity contribution in [3.05, 3.63) is 54.7 Å². The number of nitrogens with one attached hydrogen (secondary N) is 1. The van der Waals surface area contributed by atoms with Crippen LogP contribution in [0.4, 0.5) is 5.82 Å². The van der Waals surface area contributed by atoms with Crippen molar-refractivity contribution in [1.29, 1.82) is 0 Å². The second kappa shape index (κ2) is 4.94. The molecule has 0 fully saturated rings. The number of pyridine rings is 2. The van der Waals surface area contributed by atoms with Crippen molar-refractivity contribution in [1.82, 2.24) is 9.97 Å². The highest BCUT2D eigenvalue weighted by atomic mass is 16.5. The molecule has 0 saturated carbocycles. The van der Waals surface area contributed by atoms with Crippen LogP contribution in [0.1, 0.15) is 0 Å². The summed E-state index contributed by atoms with van der Waals surface area (Å²) < 4.78 is 5.74. The van der Waals surface area contributed by atoms with Crippen LogP contribution in [0.2, 0.25) is 0 Å². The Morgan fingerprint density at radius 2 is 2.00 bits per heavy atom. The van der Waals surface area contributed by atoms with Crippen molar-refractivity contribution in [2.75, 3.05) is 12.4 Å². The monoisotopic (exact) mass is 251 g/mol. The van der Waals surface area contributed by atoms with E-state index in [4.69, 9.17) is 4.74 Å².